The maximum atomic E-state index is 12.4. The van der Waals surface area contributed by atoms with Crippen LogP contribution in [0.3, 0.4) is 0 Å². The van der Waals surface area contributed by atoms with Crippen molar-refractivity contribution in [1.29, 1.82) is 0 Å². The van der Waals surface area contributed by atoms with Crippen molar-refractivity contribution < 1.29 is 26.4 Å². The number of carbonyl (C=O) groups excluding carboxylic acids is 1. The molecule has 0 atom stereocenters. The summed E-state index contributed by atoms with van der Waals surface area (Å²) in [6.45, 7) is 0.632. The van der Waals surface area contributed by atoms with Crippen LogP contribution < -0.4 is 9.62 Å². The third-order valence-electron chi connectivity index (χ3n) is 4.13. The lowest BCUT2D eigenvalue weighted by Gasteiger charge is -2.16. The molecule has 1 aliphatic rings. The molecule has 3 rings (SSSR count). The summed E-state index contributed by atoms with van der Waals surface area (Å²) >= 11 is -0.303. The monoisotopic (exact) mass is 430 g/mol. The van der Waals surface area contributed by atoms with E-state index in [0.717, 1.165) is 30.7 Å². The molecule has 0 aromatic heterocycles. The molecule has 0 aliphatic carbocycles. The minimum atomic E-state index is -4.43. The zero-order valence-electron chi connectivity index (χ0n) is 14.6. The van der Waals surface area contributed by atoms with Gasteiger partial charge in [0, 0.05) is 30.1 Å². The highest BCUT2D eigenvalue weighted by Gasteiger charge is 2.29. The van der Waals surface area contributed by atoms with Crippen molar-refractivity contribution in [1.82, 2.24) is 4.72 Å². The smallest absolute Gasteiger partial charge is 0.312 e. The number of hydrogen-bond acceptors (Lipinski definition) is 4. The lowest BCUT2D eigenvalue weighted by molar-refractivity contribution is -0.117. The summed E-state index contributed by atoms with van der Waals surface area (Å²) in [5, 5.41) is 0. The molecule has 1 aliphatic heterocycles. The molecule has 2 aromatic carbocycles. The van der Waals surface area contributed by atoms with Crippen LogP contribution in [0.4, 0.5) is 18.9 Å². The minimum Gasteiger partial charge on any atom is -0.312 e. The maximum absolute atomic E-state index is 12.4. The van der Waals surface area contributed by atoms with Crippen LogP contribution in [0.25, 0.3) is 0 Å². The summed E-state index contributed by atoms with van der Waals surface area (Å²) in [7, 11) is -3.88. The maximum Gasteiger partial charge on any atom is 0.446 e. The molecule has 0 bridgehead atoms. The van der Waals surface area contributed by atoms with E-state index in [4.69, 9.17) is 0 Å². The Bertz CT molecular complexity index is 961. The summed E-state index contributed by atoms with van der Waals surface area (Å²) in [6.07, 6.45) is 1.29. The van der Waals surface area contributed by atoms with E-state index in [-0.39, 0.29) is 34.0 Å². The van der Waals surface area contributed by atoms with Crippen molar-refractivity contribution >= 4 is 33.4 Å². The van der Waals surface area contributed by atoms with Crippen LogP contribution in [0, 0.1) is 0 Å². The summed E-state index contributed by atoms with van der Waals surface area (Å²) in [5.74, 6) is 0.0366. The van der Waals surface area contributed by atoms with E-state index in [1.165, 1.54) is 0 Å². The van der Waals surface area contributed by atoms with E-state index < -0.39 is 15.5 Å². The Kier molecular flexibility index (Phi) is 6.01. The van der Waals surface area contributed by atoms with Gasteiger partial charge in [-0.2, -0.15) is 13.2 Å². The first kappa shape index (κ1) is 20.7. The van der Waals surface area contributed by atoms with Crippen molar-refractivity contribution in [2.24, 2.45) is 0 Å². The number of anilines is 1. The third kappa shape index (κ3) is 5.27. The van der Waals surface area contributed by atoms with Gasteiger partial charge in [-0.3, -0.25) is 4.79 Å². The Hall–Kier alpha value is -2.04. The van der Waals surface area contributed by atoms with Crippen molar-refractivity contribution in [3.63, 3.8) is 0 Å². The van der Waals surface area contributed by atoms with Gasteiger partial charge in [0.05, 0.1) is 4.90 Å². The molecule has 0 spiro atoms. The molecule has 1 amide bonds. The second-order valence-electron chi connectivity index (χ2n) is 6.16. The quantitative estimate of drug-likeness (QED) is 0.706. The number of carbonyl (C=O) groups is 1. The first-order valence-corrected chi connectivity index (χ1v) is 10.7. The highest BCUT2D eigenvalue weighted by molar-refractivity contribution is 8.00. The van der Waals surface area contributed by atoms with E-state index in [0.29, 0.717) is 24.2 Å². The summed E-state index contributed by atoms with van der Waals surface area (Å²) in [5.41, 5.74) is -3.04. The number of hydrogen-bond donors (Lipinski definition) is 1. The number of amides is 1. The van der Waals surface area contributed by atoms with Crippen LogP contribution in [0.5, 0.6) is 0 Å². The number of nitrogens with one attached hydrogen (secondary N) is 1. The van der Waals surface area contributed by atoms with Crippen molar-refractivity contribution in [2.45, 2.75) is 34.7 Å². The zero-order valence-corrected chi connectivity index (χ0v) is 16.2. The average molecular weight is 430 g/mol. The van der Waals surface area contributed by atoms with Crippen molar-refractivity contribution in [3.8, 4) is 0 Å². The predicted octanol–water partition coefficient (Wildman–Crippen LogP) is 3.90. The Balaban J connectivity index is 1.67. The van der Waals surface area contributed by atoms with E-state index in [1.807, 2.05) is 0 Å². The summed E-state index contributed by atoms with van der Waals surface area (Å²) in [4.78, 5) is 13.3. The molecule has 10 heteroatoms. The number of sulfonamides is 1. The number of benzene rings is 2. The largest absolute Gasteiger partial charge is 0.446 e. The van der Waals surface area contributed by atoms with Gasteiger partial charge in [-0.15, -0.1) is 0 Å². The van der Waals surface area contributed by atoms with Crippen LogP contribution in [0.1, 0.15) is 18.4 Å². The van der Waals surface area contributed by atoms with Gasteiger partial charge < -0.3 is 4.90 Å². The average Bonchev–Trinajstić information content (AvgIpc) is 3.05. The summed E-state index contributed by atoms with van der Waals surface area (Å²) in [6, 6.07) is 11.5. The molecule has 1 heterocycles. The molecular formula is C18H17F3N2O3S2. The highest BCUT2D eigenvalue weighted by Crippen LogP contribution is 2.36. The molecule has 28 heavy (non-hydrogen) atoms. The fraction of sp³-hybridized carbons (Fsp3) is 0.278. The number of thioether (sulfide) groups is 1. The second kappa shape index (κ2) is 8.14. The molecule has 0 unspecified atom stereocenters. The lowest BCUT2D eigenvalue weighted by Crippen LogP contribution is -2.25. The van der Waals surface area contributed by atoms with Gasteiger partial charge >= 0.3 is 5.51 Å². The van der Waals surface area contributed by atoms with Gasteiger partial charge in [0.1, 0.15) is 0 Å². The fourth-order valence-electron chi connectivity index (χ4n) is 2.84. The minimum absolute atomic E-state index is 0.00272. The van der Waals surface area contributed by atoms with Crippen LogP contribution >= 0.6 is 11.8 Å². The van der Waals surface area contributed by atoms with E-state index in [2.05, 4.69) is 4.72 Å². The molecule has 0 saturated carbocycles. The normalized spacial score (nSPS) is 15.2. The lowest BCUT2D eigenvalue weighted by atomic mass is 10.2. The first-order valence-electron chi connectivity index (χ1n) is 8.39. The van der Waals surface area contributed by atoms with E-state index in [1.54, 1.807) is 29.2 Å². The summed E-state index contributed by atoms with van der Waals surface area (Å²) < 4.78 is 64.3. The Morgan fingerprint density at radius 1 is 1.11 bits per heavy atom. The Morgan fingerprint density at radius 3 is 2.43 bits per heavy atom. The van der Waals surface area contributed by atoms with Crippen molar-refractivity contribution in [2.75, 3.05) is 11.4 Å². The SMILES string of the molecule is O=C1CCCN1c1cccc(CNS(=O)(=O)c2ccc(SC(F)(F)F)cc2)c1. The molecule has 5 nitrogen and oxygen atoms in total. The van der Waals surface area contributed by atoms with E-state index >= 15 is 0 Å². The standard InChI is InChI=1S/C18H17F3N2O3S2/c19-18(20,21)27-15-6-8-16(9-7-15)28(25,26)22-12-13-3-1-4-14(11-13)23-10-2-5-17(23)24/h1,3-4,6-9,11,22H,2,5,10,12H2. The van der Waals surface area contributed by atoms with Gasteiger partial charge in [0.2, 0.25) is 15.9 Å². The number of alkyl halides is 3. The number of rotatable bonds is 6. The van der Waals surface area contributed by atoms with Crippen LogP contribution in [0.2, 0.25) is 0 Å². The Labute approximate surface area is 165 Å². The Morgan fingerprint density at radius 2 is 1.82 bits per heavy atom. The number of nitrogens with zero attached hydrogens (tertiary/aromatic N) is 1. The van der Waals surface area contributed by atoms with E-state index in [9.17, 15) is 26.4 Å². The molecular weight excluding hydrogens is 413 g/mol. The molecule has 1 fully saturated rings. The van der Waals surface area contributed by atoms with Crippen LogP contribution in [0.15, 0.2) is 58.3 Å². The van der Waals surface area contributed by atoms with Gasteiger partial charge in [-0.1, -0.05) is 12.1 Å². The second-order valence-corrected chi connectivity index (χ2v) is 9.07. The van der Waals surface area contributed by atoms with Gasteiger partial charge in [-0.25, -0.2) is 13.1 Å². The molecule has 0 radical (unpaired) electrons. The van der Waals surface area contributed by atoms with Crippen LogP contribution in [-0.4, -0.2) is 26.4 Å². The topological polar surface area (TPSA) is 66.5 Å². The predicted molar refractivity (Wildman–Crippen MR) is 100 cm³/mol. The van der Waals surface area contributed by atoms with Crippen molar-refractivity contribution in [3.05, 3.63) is 54.1 Å². The first-order chi connectivity index (χ1) is 13.1. The van der Waals surface area contributed by atoms with Gasteiger partial charge in [0.15, 0.2) is 0 Å². The fourth-order valence-corrected chi connectivity index (χ4v) is 4.39. The van der Waals surface area contributed by atoms with Crippen LogP contribution in [-0.2, 0) is 21.4 Å². The molecule has 1 saturated heterocycles. The third-order valence-corrected chi connectivity index (χ3v) is 6.29. The zero-order chi connectivity index (χ0) is 20.4. The molecule has 150 valence electrons. The molecule has 1 N–H and O–H groups in total. The number of halogens is 3. The highest BCUT2D eigenvalue weighted by atomic mass is 32.2. The van der Waals surface area contributed by atoms with Gasteiger partial charge in [-0.05, 0) is 60.1 Å². The van der Waals surface area contributed by atoms with Gasteiger partial charge in [0.25, 0.3) is 0 Å². The molecule has 2 aromatic rings.